The summed E-state index contributed by atoms with van der Waals surface area (Å²) in [4.78, 5) is 0. The van der Waals surface area contributed by atoms with Crippen molar-refractivity contribution in [3.8, 4) is 0 Å². The molecule has 2 unspecified atom stereocenters. The molecule has 0 aromatic carbocycles. The Morgan fingerprint density at radius 3 is 1.94 bits per heavy atom. The highest BCUT2D eigenvalue weighted by Gasteiger charge is 2.51. The first-order valence-electron chi connectivity index (χ1n) is 12.7. The third kappa shape index (κ3) is 8.24. The third-order valence-electron chi connectivity index (χ3n) is 6.59. The number of unbranched alkanes of at least 4 members (excludes halogenated alkanes) is 2. The van der Waals surface area contributed by atoms with E-state index < -0.39 is 87.3 Å². The minimum absolute atomic E-state index is 0.0153. The number of aliphatic hydroxyl groups is 8. The summed E-state index contributed by atoms with van der Waals surface area (Å²) < 4.78 is 27.9. The molecule has 12 atom stereocenters. The van der Waals surface area contributed by atoms with Crippen LogP contribution in [0, 0.1) is 0 Å². The molecule has 0 spiro atoms. The van der Waals surface area contributed by atoms with Gasteiger partial charge in [0.05, 0.1) is 32.5 Å². The van der Waals surface area contributed by atoms with Crippen LogP contribution in [0.5, 0.6) is 0 Å². The molecule has 36 heavy (non-hydrogen) atoms. The van der Waals surface area contributed by atoms with Gasteiger partial charge >= 0.3 is 0 Å². The van der Waals surface area contributed by atoms with Crippen LogP contribution in [-0.4, -0.2) is 141 Å². The monoisotopic (exact) mass is 528 g/mol. The summed E-state index contributed by atoms with van der Waals surface area (Å²) in [5, 5.41) is 80.2. The lowest BCUT2D eigenvalue weighted by molar-refractivity contribution is -0.364. The van der Waals surface area contributed by atoms with Crippen LogP contribution >= 0.6 is 0 Å². The molecule has 13 heteroatoms. The zero-order chi connectivity index (χ0) is 26.8. The summed E-state index contributed by atoms with van der Waals surface area (Å²) in [5.74, 6) is 0. The summed E-state index contributed by atoms with van der Waals surface area (Å²) in [6, 6.07) is 0. The fourth-order valence-electron chi connectivity index (χ4n) is 4.26. The molecule has 214 valence electrons. The molecule has 2 heterocycles. The summed E-state index contributed by atoms with van der Waals surface area (Å²) >= 11 is 0. The van der Waals surface area contributed by atoms with Gasteiger partial charge in [-0.25, -0.2) is 0 Å². The second-order valence-corrected chi connectivity index (χ2v) is 9.30. The van der Waals surface area contributed by atoms with E-state index in [4.69, 9.17) is 23.7 Å². The predicted octanol–water partition coefficient (Wildman–Crippen LogP) is -2.64. The Hall–Kier alpha value is -0.520. The predicted molar refractivity (Wildman–Crippen MR) is 123 cm³/mol. The molecule has 0 aliphatic carbocycles. The van der Waals surface area contributed by atoms with Crippen LogP contribution in [0.3, 0.4) is 0 Å². The lowest BCUT2D eigenvalue weighted by Crippen LogP contribution is -2.65. The molecule has 0 aromatic heterocycles. The number of rotatable bonds is 15. The fourth-order valence-corrected chi connectivity index (χ4v) is 4.26. The molecule has 2 aliphatic heterocycles. The fraction of sp³-hybridized carbons (Fsp3) is 1.00. The first-order valence-corrected chi connectivity index (χ1v) is 12.7. The van der Waals surface area contributed by atoms with Crippen molar-refractivity contribution in [3.05, 3.63) is 0 Å². The number of hydrogen-bond acceptors (Lipinski definition) is 13. The second kappa shape index (κ2) is 15.8. The van der Waals surface area contributed by atoms with Crippen molar-refractivity contribution < 1.29 is 64.5 Å². The summed E-state index contributed by atoms with van der Waals surface area (Å²) in [7, 11) is 0. The lowest BCUT2D eigenvalue weighted by atomic mass is 9.97. The Labute approximate surface area is 211 Å². The van der Waals surface area contributed by atoms with Gasteiger partial charge < -0.3 is 64.5 Å². The highest BCUT2D eigenvalue weighted by Crippen LogP contribution is 2.30. The van der Waals surface area contributed by atoms with Gasteiger partial charge in [-0.3, -0.25) is 0 Å². The van der Waals surface area contributed by atoms with Crippen molar-refractivity contribution in [3.63, 3.8) is 0 Å². The highest BCUT2D eigenvalue weighted by atomic mass is 16.7. The minimum Gasteiger partial charge on any atom is -0.394 e. The van der Waals surface area contributed by atoms with E-state index in [0.29, 0.717) is 0 Å². The SMILES string of the molecule is CCCCCC(CC)OCC(CO)O[C@@H]1O[C@H](CO)[C@@H](O[C@H]2O[C@H](CO)[C@@H](O)[C@H](O)[C@H]2O)[C@H](O)[C@H]1O. The standard InChI is InChI=1S/C23H44O13/c1-3-5-6-7-12(4-2)32-11-13(8-24)33-22-20(31)18(29)21(15(10-26)35-22)36-23-19(30)17(28)16(27)14(9-25)34-23/h12-31H,3-11H2,1-2H3/t12?,13?,14-,15-,16-,17+,18-,19-,20-,21-,22-,23-/m1/s1. The van der Waals surface area contributed by atoms with E-state index in [-0.39, 0.29) is 12.7 Å². The smallest absolute Gasteiger partial charge is 0.187 e. The van der Waals surface area contributed by atoms with Gasteiger partial charge in [-0.2, -0.15) is 0 Å². The maximum absolute atomic E-state index is 10.7. The molecule has 0 bridgehead atoms. The van der Waals surface area contributed by atoms with Crippen molar-refractivity contribution in [2.75, 3.05) is 26.4 Å². The van der Waals surface area contributed by atoms with Gasteiger partial charge in [0, 0.05) is 0 Å². The topological polar surface area (TPSA) is 208 Å². The molecule has 0 radical (unpaired) electrons. The van der Waals surface area contributed by atoms with E-state index >= 15 is 0 Å². The van der Waals surface area contributed by atoms with E-state index in [2.05, 4.69) is 6.92 Å². The lowest BCUT2D eigenvalue weighted by Gasteiger charge is -2.46. The largest absolute Gasteiger partial charge is 0.394 e. The van der Waals surface area contributed by atoms with E-state index in [9.17, 15) is 40.9 Å². The highest BCUT2D eigenvalue weighted by molar-refractivity contribution is 4.94. The molecule has 8 N–H and O–H groups in total. The van der Waals surface area contributed by atoms with Crippen molar-refractivity contribution in [2.45, 2.75) is 120 Å². The van der Waals surface area contributed by atoms with E-state index in [1.807, 2.05) is 6.92 Å². The average Bonchev–Trinajstić information content (AvgIpc) is 2.89. The van der Waals surface area contributed by atoms with Gasteiger partial charge in [-0.05, 0) is 12.8 Å². The molecule has 0 aromatic rings. The molecular formula is C23H44O13. The van der Waals surface area contributed by atoms with Gasteiger partial charge in [0.15, 0.2) is 12.6 Å². The normalized spacial score (nSPS) is 39.2. The Kier molecular flexibility index (Phi) is 13.9. The summed E-state index contributed by atoms with van der Waals surface area (Å²) in [6.07, 6.45) is -11.5. The summed E-state index contributed by atoms with van der Waals surface area (Å²) in [6.45, 7) is 2.33. The maximum Gasteiger partial charge on any atom is 0.187 e. The first-order chi connectivity index (χ1) is 17.2. The van der Waals surface area contributed by atoms with Gasteiger partial charge in [0.2, 0.25) is 0 Å². The van der Waals surface area contributed by atoms with Crippen LogP contribution in [0.15, 0.2) is 0 Å². The van der Waals surface area contributed by atoms with Crippen LogP contribution in [0.4, 0.5) is 0 Å². The molecule has 2 aliphatic rings. The van der Waals surface area contributed by atoms with Crippen molar-refractivity contribution in [1.82, 2.24) is 0 Å². The van der Waals surface area contributed by atoms with Crippen molar-refractivity contribution >= 4 is 0 Å². The minimum atomic E-state index is -1.75. The van der Waals surface area contributed by atoms with E-state index in [1.54, 1.807) is 0 Å². The van der Waals surface area contributed by atoms with Crippen molar-refractivity contribution in [1.29, 1.82) is 0 Å². The summed E-state index contributed by atoms with van der Waals surface area (Å²) in [5.41, 5.74) is 0. The zero-order valence-corrected chi connectivity index (χ0v) is 20.9. The van der Waals surface area contributed by atoms with Gasteiger partial charge in [0.25, 0.3) is 0 Å². The second-order valence-electron chi connectivity index (χ2n) is 9.30. The van der Waals surface area contributed by atoms with Crippen LogP contribution in [-0.2, 0) is 23.7 Å². The molecule has 2 rings (SSSR count). The van der Waals surface area contributed by atoms with E-state index in [1.165, 1.54) is 0 Å². The van der Waals surface area contributed by atoms with Gasteiger partial charge in [-0.1, -0.05) is 33.1 Å². The molecule has 2 fully saturated rings. The molecule has 0 amide bonds. The molecular weight excluding hydrogens is 484 g/mol. The van der Waals surface area contributed by atoms with Crippen LogP contribution < -0.4 is 0 Å². The van der Waals surface area contributed by atoms with Crippen LogP contribution in [0.1, 0.15) is 46.0 Å². The average molecular weight is 529 g/mol. The maximum atomic E-state index is 10.7. The Balaban J connectivity index is 1.99. The Morgan fingerprint density at radius 2 is 1.36 bits per heavy atom. The van der Waals surface area contributed by atoms with Crippen LogP contribution in [0.25, 0.3) is 0 Å². The Morgan fingerprint density at radius 1 is 0.722 bits per heavy atom. The van der Waals surface area contributed by atoms with Crippen LogP contribution in [0.2, 0.25) is 0 Å². The molecule has 0 saturated carbocycles. The third-order valence-corrected chi connectivity index (χ3v) is 6.59. The number of aliphatic hydroxyl groups excluding tert-OH is 8. The quantitative estimate of drug-likeness (QED) is 0.102. The first kappa shape index (κ1) is 31.7. The Bertz CT molecular complexity index is 594. The van der Waals surface area contributed by atoms with Gasteiger partial charge in [-0.15, -0.1) is 0 Å². The number of ether oxygens (including phenoxy) is 5. The molecule has 13 nitrogen and oxygen atoms in total. The molecule has 2 saturated heterocycles. The van der Waals surface area contributed by atoms with Crippen molar-refractivity contribution in [2.24, 2.45) is 0 Å². The van der Waals surface area contributed by atoms with Gasteiger partial charge in [0.1, 0.15) is 54.9 Å². The zero-order valence-electron chi connectivity index (χ0n) is 20.9. The number of hydrogen-bond donors (Lipinski definition) is 8. The van der Waals surface area contributed by atoms with E-state index in [0.717, 1.165) is 32.1 Å².